The lowest BCUT2D eigenvalue weighted by atomic mass is 10.2. The molecule has 1 fully saturated rings. The fraction of sp³-hybridized carbons (Fsp3) is 0.125. The summed E-state index contributed by atoms with van der Waals surface area (Å²) in [7, 11) is 0. The third-order valence-electron chi connectivity index (χ3n) is 3.12. The maximum atomic E-state index is 13.0. The average Bonchev–Trinajstić information content (AvgIpc) is 3.05. The summed E-state index contributed by atoms with van der Waals surface area (Å²) in [6, 6.07) is 8.39. The normalized spacial score (nSPS) is 18.4. The molecule has 4 nitrogen and oxygen atoms in total. The minimum Gasteiger partial charge on any atom is -0.462 e. The second-order valence-corrected chi connectivity index (χ2v) is 5.98. The fourth-order valence-corrected chi connectivity index (χ4v) is 2.88. The van der Waals surface area contributed by atoms with Crippen molar-refractivity contribution >= 4 is 34.6 Å². The lowest BCUT2D eigenvalue weighted by Crippen LogP contribution is -2.19. The van der Waals surface area contributed by atoms with Gasteiger partial charge in [-0.2, -0.15) is 13.2 Å². The second kappa shape index (κ2) is 6.20. The number of rotatable bonds is 2. The van der Waals surface area contributed by atoms with E-state index in [1.165, 1.54) is 24.3 Å². The summed E-state index contributed by atoms with van der Waals surface area (Å²) in [5, 5.41) is 2.54. The first-order chi connectivity index (χ1) is 11.3. The number of hydrogen-bond acceptors (Lipinski definition) is 4. The third-order valence-corrected chi connectivity index (χ3v) is 4.03. The Kier molecular flexibility index (Phi) is 4.23. The molecule has 1 aliphatic heterocycles. The Bertz CT molecular complexity index is 853. The molecule has 1 aromatic heterocycles. The van der Waals surface area contributed by atoms with Gasteiger partial charge in [-0.15, -0.1) is 0 Å². The monoisotopic (exact) mass is 352 g/mol. The van der Waals surface area contributed by atoms with E-state index in [-0.39, 0.29) is 10.9 Å². The molecule has 0 unspecified atom stereocenters. The number of aliphatic imine (C=N–C) groups is 1. The van der Waals surface area contributed by atoms with E-state index in [0.717, 1.165) is 17.8 Å². The average molecular weight is 352 g/mol. The summed E-state index contributed by atoms with van der Waals surface area (Å²) < 4.78 is 44.3. The third kappa shape index (κ3) is 3.53. The predicted octanol–water partition coefficient (Wildman–Crippen LogP) is 4.50. The predicted molar refractivity (Wildman–Crippen MR) is 85.7 cm³/mol. The molecule has 1 aliphatic rings. The lowest BCUT2D eigenvalue weighted by molar-refractivity contribution is -0.137. The van der Waals surface area contributed by atoms with Gasteiger partial charge in [0.05, 0.1) is 16.2 Å². The number of hydrogen-bond donors (Lipinski definition) is 1. The SMILES string of the molecule is Cc1ccc(C=C2SC(=Nc3ccccc3C(F)(F)F)NC2=O)o1. The van der Waals surface area contributed by atoms with Crippen LogP contribution in [0.3, 0.4) is 0 Å². The van der Waals surface area contributed by atoms with E-state index in [1.54, 1.807) is 19.1 Å². The zero-order valence-electron chi connectivity index (χ0n) is 12.3. The maximum absolute atomic E-state index is 13.0. The highest BCUT2D eigenvalue weighted by Gasteiger charge is 2.34. The Balaban J connectivity index is 1.89. The van der Waals surface area contributed by atoms with Gasteiger partial charge >= 0.3 is 6.18 Å². The molecule has 2 heterocycles. The molecule has 0 aliphatic carbocycles. The number of para-hydroxylation sites is 1. The standard InChI is InChI=1S/C16H11F3N2O2S/c1-9-6-7-10(23-9)8-13-14(22)21-15(24-13)20-12-5-3-2-4-11(12)16(17,18)19/h2-8H,1H3,(H,20,21,22). The first kappa shape index (κ1) is 16.4. The van der Waals surface area contributed by atoms with Crippen molar-refractivity contribution in [2.24, 2.45) is 4.99 Å². The summed E-state index contributed by atoms with van der Waals surface area (Å²) in [4.78, 5) is 16.1. The topological polar surface area (TPSA) is 54.6 Å². The van der Waals surface area contributed by atoms with Crippen LogP contribution in [0.2, 0.25) is 0 Å². The number of nitrogens with zero attached hydrogens (tertiary/aromatic N) is 1. The van der Waals surface area contributed by atoms with Crippen molar-refractivity contribution in [3.05, 3.63) is 58.4 Å². The van der Waals surface area contributed by atoms with Gasteiger partial charge in [0.2, 0.25) is 0 Å². The van der Waals surface area contributed by atoms with Crippen molar-refractivity contribution in [3.8, 4) is 0 Å². The number of amides is 1. The van der Waals surface area contributed by atoms with Crippen LogP contribution in [0.5, 0.6) is 0 Å². The van der Waals surface area contributed by atoms with Gasteiger partial charge in [0, 0.05) is 6.08 Å². The van der Waals surface area contributed by atoms with Crippen LogP contribution in [0.4, 0.5) is 18.9 Å². The van der Waals surface area contributed by atoms with Crippen molar-refractivity contribution < 1.29 is 22.4 Å². The molecule has 8 heteroatoms. The molecule has 1 aromatic carbocycles. The van der Waals surface area contributed by atoms with Crippen LogP contribution in [0, 0.1) is 6.92 Å². The summed E-state index contributed by atoms with van der Waals surface area (Å²) >= 11 is 0.960. The summed E-state index contributed by atoms with van der Waals surface area (Å²) in [5.41, 5.74) is -1.10. The number of benzene rings is 1. The molecule has 1 saturated heterocycles. The molecule has 0 bridgehead atoms. The Morgan fingerprint density at radius 3 is 2.62 bits per heavy atom. The van der Waals surface area contributed by atoms with Crippen molar-refractivity contribution in [1.82, 2.24) is 5.32 Å². The second-order valence-electron chi connectivity index (χ2n) is 4.95. The fourth-order valence-electron chi connectivity index (χ4n) is 2.06. The minimum absolute atomic E-state index is 0.0891. The van der Waals surface area contributed by atoms with Gasteiger partial charge in [0.1, 0.15) is 11.5 Å². The Morgan fingerprint density at radius 1 is 1.21 bits per heavy atom. The van der Waals surface area contributed by atoms with E-state index < -0.39 is 17.6 Å². The highest BCUT2D eigenvalue weighted by Crippen LogP contribution is 2.37. The van der Waals surface area contributed by atoms with E-state index in [9.17, 15) is 18.0 Å². The molecule has 0 spiro atoms. The zero-order chi connectivity index (χ0) is 17.3. The minimum atomic E-state index is -4.52. The van der Waals surface area contributed by atoms with Crippen LogP contribution in [0.1, 0.15) is 17.1 Å². The zero-order valence-corrected chi connectivity index (χ0v) is 13.2. The first-order valence-corrected chi connectivity index (χ1v) is 7.67. The van der Waals surface area contributed by atoms with E-state index in [1.807, 2.05) is 0 Å². The summed E-state index contributed by atoms with van der Waals surface area (Å²) in [6.45, 7) is 1.77. The Hall–Kier alpha value is -2.48. The molecule has 2 aromatic rings. The number of carbonyl (C=O) groups is 1. The number of alkyl halides is 3. The van der Waals surface area contributed by atoms with Crippen molar-refractivity contribution in [2.45, 2.75) is 13.1 Å². The molecular formula is C16H11F3N2O2S. The molecule has 0 radical (unpaired) electrons. The van der Waals surface area contributed by atoms with Crippen LogP contribution >= 0.6 is 11.8 Å². The molecule has 24 heavy (non-hydrogen) atoms. The van der Waals surface area contributed by atoms with Gasteiger partial charge in [0.25, 0.3) is 5.91 Å². The number of amidine groups is 1. The first-order valence-electron chi connectivity index (χ1n) is 6.85. The van der Waals surface area contributed by atoms with E-state index in [4.69, 9.17) is 4.42 Å². The van der Waals surface area contributed by atoms with Crippen LogP contribution in [0.25, 0.3) is 6.08 Å². The van der Waals surface area contributed by atoms with Crippen molar-refractivity contribution in [3.63, 3.8) is 0 Å². The van der Waals surface area contributed by atoms with Gasteiger partial charge in [-0.1, -0.05) is 12.1 Å². The van der Waals surface area contributed by atoms with E-state index in [2.05, 4.69) is 10.3 Å². The molecule has 0 atom stereocenters. The van der Waals surface area contributed by atoms with E-state index in [0.29, 0.717) is 16.4 Å². The van der Waals surface area contributed by atoms with Gasteiger partial charge in [-0.25, -0.2) is 4.99 Å². The smallest absolute Gasteiger partial charge is 0.418 e. The molecule has 124 valence electrons. The van der Waals surface area contributed by atoms with Crippen LogP contribution in [-0.4, -0.2) is 11.1 Å². The van der Waals surface area contributed by atoms with Gasteiger partial charge < -0.3 is 9.73 Å². The molecule has 3 rings (SSSR count). The molecular weight excluding hydrogens is 341 g/mol. The highest BCUT2D eigenvalue weighted by molar-refractivity contribution is 8.18. The van der Waals surface area contributed by atoms with Crippen LogP contribution in [-0.2, 0) is 11.0 Å². The van der Waals surface area contributed by atoms with Crippen molar-refractivity contribution in [1.29, 1.82) is 0 Å². The lowest BCUT2D eigenvalue weighted by Gasteiger charge is -2.09. The number of carbonyl (C=O) groups excluding carboxylic acids is 1. The number of thioether (sulfide) groups is 1. The quantitative estimate of drug-likeness (QED) is 0.810. The number of aryl methyl sites for hydroxylation is 1. The Morgan fingerprint density at radius 2 is 1.96 bits per heavy atom. The van der Waals surface area contributed by atoms with Gasteiger partial charge in [-0.05, 0) is 43.0 Å². The summed E-state index contributed by atoms with van der Waals surface area (Å²) in [6.07, 6.45) is -3.00. The van der Waals surface area contributed by atoms with Crippen LogP contribution in [0.15, 0.2) is 50.7 Å². The number of furan rings is 1. The van der Waals surface area contributed by atoms with Crippen molar-refractivity contribution in [2.75, 3.05) is 0 Å². The van der Waals surface area contributed by atoms with Gasteiger partial charge in [0.15, 0.2) is 5.17 Å². The molecule has 1 amide bonds. The maximum Gasteiger partial charge on any atom is 0.418 e. The van der Waals surface area contributed by atoms with Gasteiger partial charge in [-0.3, -0.25) is 4.79 Å². The number of nitrogens with one attached hydrogen (secondary N) is 1. The number of halogens is 3. The molecule has 0 saturated carbocycles. The van der Waals surface area contributed by atoms with E-state index >= 15 is 0 Å². The molecule has 1 N–H and O–H groups in total. The largest absolute Gasteiger partial charge is 0.462 e. The summed E-state index contributed by atoms with van der Waals surface area (Å²) in [5.74, 6) is 0.748. The van der Waals surface area contributed by atoms with Crippen LogP contribution < -0.4 is 5.32 Å². The highest BCUT2D eigenvalue weighted by atomic mass is 32.2. The Labute approximate surface area is 139 Å².